The molecule has 98 valence electrons. The Balaban J connectivity index is 2.59. The van der Waals surface area contributed by atoms with E-state index >= 15 is 0 Å². The maximum absolute atomic E-state index is 11.6. The van der Waals surface area contributed by atoms with Crippen LogP contribution in [0.15, 0.2) is 11.6 Å². The number of allylic oxidation sites excluding steroid dienone is 2. The SMILES string of the molecule is CCC(=O)C(C)C(O)C[C@H]1CC=C(C)C1(C)C. The molecule has 0 radical (unpaired) electrons. The van der Waals surface area contributed by atoms with E-state index in [1.165, 1.54) is 5.57 Å². The lowest BCUT2D eigenvalue weighted by Crippen LogP contribution is -2.31. The molecule has 0 aromatic rings. The maximum Gasteiger partial charge on any atom is 0.138 e. The van der Waals surface area contributed by atoms with Crippen molar-refractivity contribution in [3.05, 3.63) is 11.6 Å². The van der Waals surface area contributed by atoms with Crippen molar-refractivity contribution in [3.8, 4) is 0 Å². The summed E-state index contributed by atoms with van der Waals surface area (Å²) >= 11 is 0. The third kappa shape index (κ3) is 2.98. The fourth-order valence-electron chi connectivity index (χ4n) is 2.62. The van der Waals surface area contributed by atoms with E-state index in [1.54, 1.807) is 0 Å². The third-order valence-electron chi connectivity index (χ3n) is 4.71. The zero-order chi connectivity index (χ0) is 13.2. The van der Waals surface area contributed by atoms with Crippen molar-refractivity contribution in [2.45, 2.75) is 60.0 Å². The molecule has 0 saturated carbocycles. The highest BCUT2D eigenvalue weighted by Crippen LogP contribution is 2.45. The summed E-state index contributed by atoms with van der Waals surface area (Å²) in [7, 11) is 0. The van der Waals surface area contributed by atoms with Crippen LogP contribution >= 0.6 is 0 Å². The molecule has 2 heteroatoms. The molecule has 0 aromatic heterocycles. The second kappa shape index (κ2) is 5.34. The number of carbonyl (C=O) groups is 1. The molecule has 1 aliphatic rings. The predicted molar refractivity (Wildman–Crippen MR) is 70.7 cm³/mol. The van der Waals surface area contributed by atoms with Gasteiger partial charge in [0, 0.05) is 12.3 Å². The van der Waals surface area contributed by atoms with Gasteiger partial charge in [-0.1, -0.05) is 39.3 Å². The Morgan fingerprint density at radius 1 is 1.59 bits per heavy atom. The van der Waals surface area contributed by atoms with Crippen LogP contribution in [-0.2, 0) is 4.79 Å². The third-order valence-corrected chi connectivity index (χ3v) is 4.71. The van der Waals surface area contributed by atoms with E-state index < -0.39 is 6.10 Å². The van der Waals surface area contributed by atoms with E-state index in [9.17, 15) is 9.90 Å². The summed E-state index contributed by atoms with van der Waals surface area (Å²) in [5, 5.41) is 10.2. The van der Waals surface area contributed by atoms with Gasteiger partial charge in [-0.3, -0.25) is 4.79 Å². The number of hydrogen-bond donors (Lipinski definition) is 1. The van der Waals surface area contributed by atoms with E-state index in [-0.39, 0.29) is 17.1 Å². The van der Waals surface area contributed by atoms with Crippen LogP contribution in [-0.4, -0.2) is 17.0 Å². The number of ketones is 1. The zero-order valence-electron chi connectivity index (χ0n) is 11.8. The lowest BCUT2D eigenvalue weighted by atomic mass is 9.74. The molecule has 0 saturated heterocycles. The van der Waals surface area contributed by atoms with Crippen molar-refractivity contribution in [2.24, 2.45) is 17.3 Å². The van der Waals surface area contributed by atoms with Gasteiger partial charge in [0.15, 0.2) is 0 Å². The topological polar surface area (TPSA) is 37.3 Å². The summed E-state index contributed by atoms with van der Waals surface area (Å²) in [5.41, 5.74) is 1.57. The van der Waals surface area contributed by atoms with Crippen molar-refractivity contribution in [2.75, 3.05) is 0 Å². The molecule has 17 heavy (non-hydrogen) atoms. The molecule has 1 N–H and O–H groups in total. The van der Waals surface area contributed by atoms with Crippen LogP contribution < -0.4 is 0 Å². The standard InChI is InChI=1S/C15H26O2/c1-6-13(16)11(3)14(17)9-12-8-7-10(2)15(12,4)5/h7,11-12,14,17H,6,8-9H2,1-5H3/t11?,12-,14?/m1/s1. The van der Waals surface area contributed by atoms with Crippen LogP contribution in [0.1, 0.15) is 53.9 Å². The van der Waals surface area contributed by atoms with Gasteiger partial charge in [-0.05, 0) is 31.1 Å². The van der Waals surface area contributed by atoms with E-state index in [4.69, 9.17) is 0 Å². The summed E-state index contributed by atoms with van der Waals surface area (Å²) in [4.78, 5) is 11.6. The molecule has 2 nitrogen and oxygen atoms in total. The second-order valence-electron chi connectivity index (χ2n) is 5.95. The number of aliphatic hydroxyl groups excluding tert-OH is 1. The molecule has 0 aromatic carbocycles. The molecule has 0 heterocycles. The van der Waals surface area contributed by atoms with Gasteiger partial charge in [0.05, 0.1) is 6.10 Å². The van der Waals surface area contributed by atoms with Crippen LogP contribution in [0.5, 0.6) is 0 Å². The molecule has 1 rings (SSSR count). The molecule has 3 atom stereocenters. The van der Waals surface area contributed by atoms with Gasteiger partial charge in [-0.15, -0.1) is 0 Å². The second-order valence-corrected chi connectivity index (χ2v) is 5.95. The largest absolute Gasteiger partial charge is 0.392 e. The molecule has 2 unspecified atom stereocenters. The van der Waals surface area contributed by atoms with Gasteiger partial charge in [0.2, 0.25) is 0 Å². The average Bonchev–Trinajstić information content (AvgIpc) is 2.53. The van der Waals surface area contributed by atoms with Crippen LogP contribution in [0.3, 0.4) is 0 Å². The minimum absolute atomic E-state index is 0.163. The lowest BCUT2D eigenvalue weighted by molar-refractivity contribution is -0.125. The highest BCUT2D eigenvalue weighted by molar-refractivity contribution is 5.80. The molecule has 0 aliphatic heterocycles. The Morgan fingerprint density at radius 3 is 2.59 bits per heavy atom. The summed E-state index contributed by atoms with van der Waals surface area (Å²) < 4.78 is 0. The summed E-state index contributed by atoms with van der Waals surface area (Å²) in [6.45, 7) is 10.3. The smallest absolute Gasteiger partial charge is 0.138 e. The van der Waals surface area contributed by atoms with E-state index in [0.717, 1.165) is 12.8 Å². The van der Waals surface area contributed by atoms with Crippen LogP contribution in [0.4, 0.5) is 0 Å². The van der Waals surface area contributed by atoms with Crippen LogP contribution in [0.25, 0.3) is 0 Å². The van der Waals surface area contributed by atoms with Gasteiger partial charge >= 0.3 is 0 Å². The Morgan fingerprint density at radius 2 is 2.18 bits per heavy atom. The molecule has 0 fully saturated rings. The van der Waals surface area contributed by atoms with Gasteiger partial charge in [0.1, 0.15) is 5.78 Å². The lowest BCUT2D eigenvalue weighted by Gasteiger charge is -2.32. The molecule has 1 aliphatic carbocycles. The first-order valence-corrected chi connectivity index (χ1v) is 6.68. The summed E-state index contributed by atoms with van der Waals surface area (Å²) in [6.07, 6.45) is 4.05. The molecular formula is C15H26O2. The monoisotopic (exact) mass is 238 g/mol. The molecular weight excluding hydrogens is 212 g/mol. The fraction of sp³-hybridized carbons (Fsp3) is 0.800. The number of hydrogen-bond acceptors (Lipinski definition) is 2. The fourth-order valence-corrected chi connectivity index (χ4v) is 2.62. The highest BCUT2D eigenvalue weighted by Gasteiger charge is 2.37. The zero-order valence-corrected chi connectivity index (χ0v) is 11.8. The number of aliphatic hydroxyl groups is 1. The van der Waals surface area contributed by atoms with Crippen LogP contribution in [0.2, 0.25) is 0 Å². The van der Waals surface area contributed by atoms with Crippen molar-refractivity contribution in [3.63, 3.8) is 0 Å². The van der Waals surface area contributed by atoms with Gasteiger partial charge < -0.3 is 5.11 Å². The highest BCUT2D eigenvalue weighted by atomic mass is 16.3. The normalized spacial score (nSPS) is 26.5. The minimum atomic E-state index is -0.494. The van der Waals surface area contributed by atoms with Crippen molar-refractivity contribution in [1.29, 1.82) is 0 Å². The van der Waals surface area contributed by atoms with Crippen molar-refractivity contribution in [1.82, 2.24) is 0 Å². The van der Waals surface area contributed by atoms with Gasteiger partial charge in [-0.2, -0.15) is 0 Å². The minimum Gasteiger partial charge on any atom is -0.392 e. The van der Waals surface area contributed by atoms with Gasteiger partial charge in [0.25, 0.3) is 0 Å². The average molecular weight is 238 g/mol. The van der Waals surface area contributed by atoms with Gasteiger partial charge in [-0.25, -0.2) is 0 Å². The quantitative estimate of drug-likeness (QED) is 0.746. The first-order chi connectivity index (χ1) is 7.80. The van der Waals surface area contributed by atoms with E-state index in [1.807, 2.05) is 13.8 Å². The number of rotatable bonds is 5. The Hall–Kier alpha value is -0.630. The van der Waals surface area contributed by atoms with Crippen LogP contribution in [0, 0.1) is 17.3 Å². The van der Waals surface area contributed by atoms with Crippen molar-refractivity contribution >= 4 is 5.78 Å². The van der Waals surface area contributed by atoms with E-state index in [0.29, 0.717) is 12.3 Å². The summed E-state index contributed by atoms with van der Waals surface area (Å²) in [5.74, 6) is 0.402. The molecule has 0 bridgehead atoms. The maximum atomic E-state index is 11.6. The van der Waals surface area contributed by atoms with Crippen molar-refractivity contribution < 1.29 is 9.90 Å². The molecule has 0 spiro atoms. The number of Topliss-reactive ketones (excluding diaryl/α,β-unsaturated/α-hetero) is 1. The Labute approximate surface area is 105 Å². The number of carbonyl (C=O) groups excluding carboxylic acids is 1. The summed E-state index contributed by atoms with van der Waals surface area (Å²) in [6, 6.07) is 0. The first-order valence-electron chi connectivity index (χ1n) is 6.68. The Bertz CT molecular complexity index is 315. The van der Waals surface area contributed by atoms with E-state index in [2.05, 4.69) is 26.8 Å². The first kappa shape index (κ1) is 14.4. The Kier molecular flexibility index (Phi) is 4.54. The molecule has 0 amide bonds. The predicted octanol–water partition coefficient (Wildman–Crippen LogP) is 3.35.